The van der Waals surface area contributed by atoms with E-state index in [0.29, 0.717) is 24.4 Å². The summed E-state index contributed by atoms with van der Waals surface area (Å²) in [5, 5.41) is 3.77. The van der Waals surface area contributed by atoms with Gasteiger partial charge in [0.15, 0.2) is 0 Å². The van der Waals surface area contributed by atoms with Crippen LogP contribution < -0.4 is 10.2 Å². The second-order valence-electron chi connectivity index (χ2n) is 6.35. The standard InChI is InChI=1S/C19H22N4O2S/c1-22(2)11-10-20-18(25)15-7-5-14(6-8-15)12-23-16-4-3-9-21-19(16)26-13-17(23)24/h3-9H,10-13H2,1-2H3,(H,20,25). The number of rotatable bonds is 6. The van der Waals surface area contributed by atoms with Crippen molar-refractivity contribution in [1.82, 2.24) is 15.2 Å². The number of benzene rings is 1. The van der Waals surface area contributed by atoms with Gasteiger partial charge in [-0.05, 0) is 43.9 Å². The molecule has 0 radical (unpaired) electrons. The minimum absolute atomic E-state index is 0.0704. The number of nitrogens with one attached hydrogen (secondary N) is 1. The van der Waals surface area contributed by atoms with Crippen molar-refractivity contribution in [3.8, 4) is 0 Å². The number of carbonyl (C=O) groups is 2. The van der Waals surface area contributed by atoms with Gasteiger partial charge in [0.1, 0.15) is 5.03 Å². The summed E-state index contributed by atoms with van der Waals surface area (Å²) in [7, 11) is 3.93. The second kappa shape index (κ2) is 8.33. The van der Waals surface area contributed by atoms with Crippen LogP contribution in [0.2, 0.25) is 0 Å². The molecule has 0 atom stereocenters. The van der Waals surface area contributed by atoms with E-state index in [0.717, 1.165) is 22.8 Å². The maximum Gasteiger partial charge on any atom is 0.251 e. The first kappa shape index (κ1) is 18.4. The molecule has 1 aromatic carbocycles. The number of aromatic nitrogens is 1. The van der Waals surface area contributed by atoms with Crippen molar-refractivity contribution < 1.29 is 9.59 Å². The number of fused-ring (bicyclic) bond motifs is 1. The second-order valence-corrected chi connectivity index (χ2v) is 7.32. The number of thioether (sulfide) groups is 1. The van der Waals surface area contributed by atoms with E-state index >= 15 is 0 Å². The van der Waals surface area contributed by atoms with E-state index in [9.17, 15) is 9.59 Å². The molecule has 1 N–H and O–H groups in total. The van der Waals surface area contributed by atoms with Crippen LogP contribution in [-0.4, -0.2) is 54.6 Å². The van der Waals surface area contributed by atoms with Gasteiger partial charge in [-0.2, -0.15) is 0 Å². The van der Waals surface area contributed by atoms with Crippen LogP contribution in [0.3, 0.4) is 0 Å². The molecule has 1 aliphatic heterocycles. The average molecular weight is 370 g/mol. The quantitative estimate of drug-likeness (QED) is 0.843. The minimum atomic E-state index is -0.0848. The first-order chi connectivity index (χ1) is 12.5. The van der Waals surface area contributed by atoms with Crippen LogP contribution in [-0.2, 0) is 11.3 Å². The zero-order valence-corrected chi connectivity index (χ0v) is 15.8. The Morgan fingerprint density at radius 1 is 1.27 bits per heavy atom. The van der Waals surface area contributed by atoms with Crippen molar-refractivity contribution in [2.45, 2.75) is 11.6 Å². The molecule has 1 aromatic heterocycles. The highest BCUT2D eigenvalue weighted by atomic mass is 32.2. The van der Waals surface area contributed by atoms with Crippen molar-refractivity contribution in [2.75, 3.05) is 37.8 Å². The van der Waals surface area contributed by atoms with E-state index in [2.05, 4.69) is 10.3 Å². The van der Waals surface area contributed by atoms with Gasteiger partial charge in [-0.3, -0.25) is 9.59 Å². The van der Waals surface area contributed by atoms with Gasteiger partial charge < -0.3 is 15.1 Å². The summed E-state index contributed by atoms with van der Waals surface area (Å²) in [6, 6.07) is 11.1. The SMILES string of the molecule is CN(C)CCNC(=O)c1ccc(CN2C(=O)CSc3ncccc32)cc1. The number of carbonyl (C=O) groups excluding carboxylic acids is 2. The van der Waals surface area contributed by atoms with E-state index in [1.807, 2.05) is 43.3 Å². The molecule has 1 aliphatic rings. The van der Waals surface area contributed by atoms with Crippen LogP contribution in [0.4, 0.5) is 5.69 Å². The van der Waals surface area contributed by atoms with Gasteiger partial charge in [0.05, 0.1) is 18.0 Å². The van der Waals surface area contributed by atoms with E-state index in [1.54, 1.807) is 23.2 Å². The zero-order chi connectivity index (χ0) is 18.5. The molecule has 0 bridgehead atoms. The van der Waals surface area contributed by atoms with Crippen LogP contribution in [0.5, 0.6) is 0 Å². The zero-order valence-electron chi connectivity index (χ0n) is 14.9. The summed E-state index contributed by atoms with van der Waals surface area (Å²) in [6.07, 6.45) is 1.74. The van der Waals surface area contributed by atoms with Gasteiger partial charge in [-0.1, -0.05) is 23.9 Å². The normalized spacial score (nSPS) is 13.7. The van der Waals surface area contributed by atoms with Gasteiger partial charge in [-0.25, -0.2) is 4.98 Å². The predicted molar refractivity (Wildman–Crippen MR) is 103 cm³/mol. The smallest absolute Gasteiger partial charge is 0.251 e. The Hall–Kier alpha value is -2.38. The topological polar surface area (TPSA) is 65.5 Å². The number of hydrogen-bond donors (Lipinski definition) is 1. The summed E-state index contributed by atoms with van der Waals surface area (Å²) in [6.45, 7) is 1.88. The molecule has 0 saturated carbocycles. The molecule has 0 spiro atoms. The molecule has 2 heterocycles. The predicted octanol–water partition coefficient (Wildman–Crippen LogP) is 2.01. The lowest BCUT2D eigenvalue weighted by molar-refractivity contribution is -0.116. The van der Waals surface area contributed by atoms with Crippen molar-refractivity contribution >= 4 is 29.3 Å². The van der Waals surface area contributed by atoms with Gasteiger partial charge in [0.25, 0.3) is 5.91 Å². The molecule has 136 valence electrons. The molecule has 6 nitrogen and oxygen atoms in total. The van der Waals surface area contributed by atoms with Crippen LogP contribution in [0.25, 0.3) is 0 Å². The molecule has 0 unspecified atom stereocenters. The number of anilines is 1. The maximum absolute atomic E-state index is 12.3. The van der Waals surface area contributed by atoms with Crippen LogP contribution >= 0.6 is 11.8 Å². The number of likely N-dealkylation sites (N-methyl/N-ethyl adjacent to an activating group) is 1. The molecule has 2 aromatic rings. The van der Waals surface area contributed by atoms with Gasteiger partial charge in [0.2, 0.25) is 5.91 Å². The minimum Gasteiger partial charge on any atom is -0.351 e. The Labute approximate surface area is 157 Å². The first-order valence-corrected chi connectivity index (χ1v) is 9.43. The summed E-state index contributed by atoms with van der Waals surface area (Å²) >= 11 is 1.47. The highest BCUT2D eigenvalue weighted by molar-refractivity contribution is 8.00. The Morgan fingerprint density at radius 2 is 2.04 bits per heavy atom. The lowest BCUT2D eigenvalue weighted by Gasteiger charge is -2.28. The summed E-state index contributed by atoms with van der Waals surface area (Å²) in [4.78, 5) is 32.6. The van der Waals surface area contributed by atoms with Crippen LogP contribution in [0, 0.1) is 0 Å². The van der Waals surface area contributed by atoms with Crippen molar-refractivity contribution in [3.05, 3.63) is 53.7 Å². The Kier molecular flexibility index (Phi) is 5.90. The maximum atomic E-state index is 12.3. The highest BCUT2D eigenvalue weighted by Crippen LogP contribution is 2.33. The molecule has 2 amide bonds. The van der Waals surface area contributed by atoms with Crippen molar-refractivity contribution in [3.63, 3.8) is 0 Å². The molecule has 3 rings (SSSR count). The molecular formula is C19H22N4O2S. The lowest BCUT2D eigenvalue weighted by Crippen LogP contribution is -2.35. The number of hydrogen-bond acceptors (Lipinski definition) is 5. The average Bonchev–Trinajstić information content (AvgIpc) is 2.64. The molecule has 0 aliphatic carbocycles. The fourth-order valence-electron chi connectivity index (χ4n) is 2.65. The third-order valence-corrected chi connectivity index (χ3v) is 5.06. The largest absolute Gasteiger partial charge is 0.351 e. The molecule has 7 heteroatoms. The van der Waals surface area contributed by atoms with Crippen molar-refractivity contribution in [1.29, 1.82) is 0 Å². The molecule has 26 heavy (non-hydrogen) atoms. The fraction of sp³-hybridized carbons (Fsp3) is 0.316. The Morgan fingerprint density at radius 3 is 2.77 bits per heavy atom. The Balaban J connectivity index is 1.66. The molecule has 0 fully saturated rings. The van der Waals surface area contributed by atoms with Gasteiger partial charge in [-0.15, -0.1) is 0 Å². The van der Waals surface area contributed by atoms with Crippen molar-refractivity contribution in [2.24, 2.45) is 0 Å². The number of amides is 2. The summed E-state index contributed by atoms with van der Waals surface area (Å²) in [5.41, 5.74) is 2.44. The monoisotopic (exact) mass is 370 g/mol. The first-order valence-electron chi connectivity index (χ1n) is 8.44. The highest BCUT2D eigenvalue weighted by Gasteiger charge is 2.25. The lowest BCUT2D eigenvalue weighted by atomic mass is 10.1. The van der Waals surface area contributed by atoms with Crippen LogP contribution in [0.15, 0.2) is 47.6 Å². The van der Waals surface area contributed by atoms with E-state index in [4.69, 9.17) is 0 Å². The third-order valence-electron chi connectivity index (χ3n) is 4.08. The molecular weight excluding hydrogens is 348 g/mol. The fourth-order valence-corrected chi connectivity index (χ4v) is 3.53. The number of nitrogens with zero attached hydrogens (tertiary/aromatic N) is 3. The summed E-state index contributed by atoms with van der Waals surface area (Å²) < 4.78 is 0. The summed E-state index contributed by atoms with van der Waals surface area (Å²) in [5.74, 6) is 0.385. The number of pyridine rings is 1. The van der Waals surface area contributed by atoms with Gasteiger partial charge in [0, 0.05) is 24.8 Å². The van der Waals surface area contributed by atoms with E-state index < -0.39 is 0 Å². The third kappa shape index (κ3) is 4.42. The van der Waals surface area contributed by atoms with Gasteiger partial charge >= 0.3 is 0 Å². The Bertz CT molecular complexity index is 792. The van der Waals surface area contributed by atoms with E-state index in [1.165, 1.54) is 11.8 Å². The molecule has 0 saturated heterocycles. The van der Waals surface area contributed by atoms with Crippen LogP contribution in [0.1, 0.15) is 15.9 Å². The van der Waals surface area contributed by atoms with E-state index in [-0.39, 0.29) is 11.8 Å².